The minimum atomic E-state index is -0.248. The third-order valence-corrected chi connectivity index (χ3v) is 0.519. The molecule has 0 spiro atoms. The predicted molar refractivity (Wildman–Crippen MR) is 26.5 cm³/mol. The number of hydrogen-bond donors (Lipinski definition) is 2. The van der Waals surface area contributed by atoms with E-state index in [4.69, 9.17) is 11.1 Å². The highest BCUT2D eigenvalue weighted by atomic mass is 32.2. The molecule has 0 aromatic carbocycles. The fourth-order valence-corrected chi connectivity index (χ4v) is 0.269. The van der Waals surface area contributed by atoms with Gasteiger partial charge in [0.05, 0.1) is 12.0 Å². The van der Waals surface area contributed by atoms with Crippen LogP contribution in [0, 0.1) is 5.41 Å². The molecular weight excluding hydrogens is 100 g/mol. The van der Waals surface area contributed by atoms with Gasteiger partial charge in [-0.05, 0) is 0 Å². The molecule has 0 unspecified atom stereocenters. The molecule has 0 fully saturated rings. The summed E-state index contributed by atoms with van der Waals surface area (Å²) in [4.78, 5) is 0. The van der Waals surface area contributed by atoms with Gasteiger partial charge in [-0.15, -0.1) is 0 Å². The van der Waals surface area contributed by atoms with Crippen LogP contribution < -0.4 is 5.73 Å². The van der Waals surface area contributed by atoms with E-state index in [0.717, 1.165) is 12.0 Å². The Kier molecular flexibility index (Phi) is 2.66. The number of hydrogen-bond acceptors (Lipinski definition) is 3. The fraction of sp³-hybridized carbons (Fsp3) is 0.500. The highest BCUT2D eigenvalue weighted by Crippen LogP contribution is 1.89. The average molecular weight is 106 g/mol. The number of amidine groups is 1. The van der Waals surface area contributed by atoms with Gasteiger partial charge in [0.1, 0.15) is 0 Å². The molecule has 0 heterocycles. The normalized spacial score (nSPS) is 7.50. The van der Waals surface area contributed by atoms with Crippen LogP contribution in [0.3, 0.4) is 0 Å². The first kappa shape index (κ1) is 5.62. The van der Waals surface area contributed by atoms with Crippen molar-refractivity contribution in [2.24, 2.45) is 5.73 Å². The lowest BCUT2D eigenvalue weighted by Crippen LogP contribution is -2.08. The summed E-state index contributed by atoms with van der Waals surface area (Å²) in [6, 6.07) is -0.248. The SMILES string of the molecule is CSOC(=N)N. The van der Waals surface area contributed by atoms with E-state index in [1.165, 1.54) is 0 Å². The van der Waals surface area contributed by atoms with Crippen LogP contribution in [0.5, 0.6) is 0 Å². The van der Waals surface area contributed by atoms with Gasteiger partial charge in [0.2, 0.25) is 0 Å². The smallest absolute Gasteiger partial charge is 0.291 e. The van der Waals surface area contributed by atoms with Crippen molar-refractivity contribution in [1.82, 2.24) is 0 Å². The summed E-state index contributed by atoms with van der Waals surface area (Å²) in [7, 11) is 0. The van der Waals surface area contributed by atoms with E-state index in [1.54, 1.807) is 6.26 Å². The van der Waals surface area contributed by atoms with Crippen molar-refractivity contribution in [2.45, 2.75) is 0 Å². The number of nitrogens with two attached hydrogens (primary N) is 1. The summed E-state index contributed by atoms with van der Waals surface area (Å²) in [6.07, 6.45) is 1.70. The van der Waals surface area contributed by atoms with Crippen molar-refractivity contribution in [3.8, 4) is 0 Å². The zero-order valence-electron chi connectivity index (χ0n) is 3.39. The Bertz CT molecular complexity index is 55.5. The molecule has 3 N–H and O–H groups in total. The largest absolute Gasteiger partial charge is 0.392 e. The lowest BCUT2D eigenvalue weighted by atomic mass is 11.3. The molecule has 0 aliphatic carbocycles. The van der Waals surface area contributed by atoms with Crippen LogP contribution in [0.15, 0.2) is 0 Å². The third-order valence-electron chi connectivity index (χ3n) is 0.173. The van der Waals surface area contributed by atoms with E-state index in [9.17, 15) is 0 Å². The zero-order valence-corrected chi connectivity index (χ0v) is 4.21. The minimum Gasteiger partial charge on any atom is -0.392 e. The molecule has 0 aliphatic heterocycles. The van der Waals surface area contributed by atoms with Crippen molar-refractivity contribution < 1.29 is 4.18 Å². The van der Waals surface area contributed by atoms with Crippen molar-refractivity contribution in [1.29, 1.82) is 5.41 Å². The van der Waals surface area contributed by atoms with Gasteiger partial charge in [-0.1, -0.05) is 0 Å². The highest BCUT2D eigenvalue weighted by molar-refractivity contribution is 7.94. The van der Waals surface area contributed by atoms with Crippen LogP contribution in [0.4, 0.5) is 0 Å². The maximum atomic E-state index is 6.43. The Balaban J connectivity index is 2.83. The van der Waals surface area contributed by atoms with Crippen LogP contribution in [0.1, 0.15) is 0 Å². The van der Waals surface area contributed by atoms with Crippen molar-refractivity contribution in [3.05, 3.63) is 0 Å². The maximum absolute atomic E-state index is 6.43. The second-order valence-electron chi connectivity index (χ2n) is 0.614. The monoisotopic (exact) mass is 106 g/mol. The van der Waals surface area contributed by atoms with Gasteiger partial charge in [-0.3, -0.25) is 5.41 Å². The van der Waals surface area contributed by atoms with E-state index < -0.39 is 0 Å². The summed E-state index contributed by atoms with van der Waals surface area (Å²) >= 11 is 1.06. The molecule has 0 radical (unpaired) electrons. The average Bonchev–Trinajstić information content (AvgIpc) is 1.35. The zero-order chi connectivity index (χ0) is 4.99. The quantitative estimate of drug-likeness (QED) is 0.284. The molecule has 4 heteroatoms. The summed E-state index contributed by atoms with van der Waals surface area (Å²) in [6.45, 7) is 0. The van der Waals surface area contributed by atoms with Gasteiger partial charge in [0.25, 0.3) is 6.02 Å². The van der Waals surface area contributed by atoms with Gasteiger partial charge >= 0.3 is 0 Å². The molecule has 0 rings (SSSR count). The molecule has 0 saturated heterocycles. The lowest BCUT2D eigenvalue weighted by molar-refractivity contribution is 0.631. The molecule has 36 valence electrons. The standard InChI is InChI=1S/C2H6N2OS/c1-6-5-2(3)4/h1H3,(H3,3,4). The molecular formula is C2H6N2OS. The molecule has 0 saturated carbocycles. The summed E-state index contributed by atoms with van der Waals surface area (Å²) in [5.41, 5.74) is 4.74. The van der Waals surface area contributed by atoms with Crippen molar-refractivity contribution in [3.63, 3.8) is 0 Å². The van der Waals surface area contributed by atoms with Gasteiger partial charge in [-0.25, -0.2) is 0 Å². The summed E-state index contributed by atoms with van der Waals surface area (Å²) in [5.74, 6) is 0. The number of rotatable bonds is 1. The molecule has 0 aromatic heterocycles. The fourth-order valence-electron chi connectivity index (χ4n) is 0.0898. The molecule has 0 bridgehead atoms. The van der Waals surface area contributed by atoms with Crippen LogP contribution in [-0.2, 0) is 4.18 Å². The van der Waals surface area contributed by atoms with E-state index in [1.807, 2.05) is 0 Å². The summed E-state index contributed by atoms with van der Waals surface area (Å²) < 4.78 is 4.32. The number of nitrogens with one attached hydrogen (secondary N) is 1. The third kappa shape index (κ3) is 3.62. The van der Waals surface area contributed by atoms with Crippen molar-refractivity contribution in [2.75, 3.05) is 6.26 Å². The Labute approximate surface area is 40.6 Å². The Morgan fingerprint density at radius 3 is 2.50 bits per heavy atom. The van der Waals surface area contributed by atoms with E-state index >= 15 is 0 Å². The first-order valence-corrected chi connectivity index (χ1v) is 2.47. The molecule has 0 amide bonds. The molecule has 0 atom stereocenters. The first-order valence-electron chi connectivity index (χ1n) is 1.32. The van der Waals surface area contributed by atoms with Crippen LogP contribution >= 0.6 is 12.0 Å². The van der Waals surface area contributed by atoms with Gasteiger partial charge in [0, 0.05) is 6.26 Å². The Morgan fingerprint density at radius 1 is 2.00 bits per heavy atom. The predicted octanol–water partition coefficient (Wildman–Crippen LogP) is 0.174. The lowest BCUT2D eigenvalue weighted by Gasteiger charge is -1.90. The molecule has 0 aromatic rings. The van der Waals surface area contributed by atoms with Crippen LogP contribution in [-0.4, -0.2) is 12.3 Å². The second kappa shape index (κ2) is 2.84. The highest BCUT2D eigenvalue weighted by Gasteiger charge is 1.78. The van der Waals surface area contributed by atoms with Gasteiger partial charge in [0.15, 0.2) is 0 Å². The van der Waals surface area contributed by atoms with Crippen LogP contribution in [0.2, 0.25) is 0 Å². The van der Waals surface area contributed by atoms with E-state index in [0.29, 0.717) is 0 Å². The van der Waals surface area contributed by atoms with Crippen LogP contribution in [0.25, 0.3) is 0 Å². The van der Waals surface area contributed by atoms with Crippen molar-refractivity contribution >= 4 is 18.1 Å². The summed E-state index contributed by atoms with van der Waals surface area (Å²) in [5, 5.41) is 6.43. The molecule has 6 heavy (non-hydrogen) atoms. The minimum absolute atomic E-state index is 0.248. The van der Waals surface area contributed by atoms with E-state index in [2.05, 4.69) is 4.18 Å². The van der Waals surface area contributed by atoms with E-state index in [-0.39, 0.29) is 6.02 Å². The Morgan fingerprint density at radius 2 is 2.50 bits per heavy atom. The second-order valence-corrected chi connectivity index (χ2v) is 1.11. The molecule has 3 nitrogen and oxygen atoms in total. The van der Waals surface area contributed by atoms with Gasteiger partial charge in [-0.2, -0.15) is 0 Å². The van der Waals surface area contributed by atoms with Gasteiger partial charge < -0.3 is 9.92 Å². The topological polar surface area (TPSA) is 59.1 Å². The Hall–Kier alpha value is -0.380. The first-order chi connectivity index (χ1) is 2.77. The molecule has 0 aliphatic rings. The maximum Gasteiger partial charge on any atom is 0.291 e.